The van der Waals surface area contributed by atoms with Crippen molar-refractivity contribution in [1.29, 1.82) is 0 Å². The predicted octanol–water partition coefficient (Wildman–Crippen LogP) is 4.20. The Morgan fingerprint density at radius 3 is 2.61 bits per heavy atom. The second kappa shape index (κ2) is 7.83. The number of ether oxygens (including phenoxy) is 1. The van der Waals surface area contributed by atoms with E-state index in [1.807, 2.05) is 67.3 Å². The minimum absolute atomic E-state index is 0.0328. The van der Waals surface area contributed by atoms with Gasteiger partial charge in [0, 0.05) is 35.5 Å². The summed E-state index contributed by atoms with van der Waals surface area (Å²) in [5.74, 6) is 0.634. The molecule has 7 nitrogen and oxygen atoms in total. The van der Waals surface area contributed by atoms with Gasteiger partial charge in [-0.05, 0) is 38.1 Å². The number of carbonyl (C=O) groups is 1. The van der Waals surface area contributed by atoms with Crippen molar-refractivity contribution in [2.45, 2.75) is 26.4 Å². The number of benzene rings is 2. The summed E-state index contributed by atoms with van der Waals surface area (Å²) < 4.78 is 11.5. The maximum Gasteiger partial charge on any atom is 0.317 e. The smallest absolute Gasteiger partial charge is 0.317 e. The first-order valence-corrected chi connectivity index (χ1v) is 10.3. The highest BCUT2D eigenvalue weighted by Crippen LogP contribution is 2.30. The van der Waals surface area contributed by atoms with Gasteiger partial charge in [0.05, 0.1) is 11.9 Å². The van der Waals surface area contributed by atoms with Crippen molar-refractivity contribution in [3.63, 3.8) is 0 Å². The van der Waals surface area contributed by atoms with E-state index in [0.717, 1.165) is 34.3 Å². The molecule has 7 heteroatoms. The molecule has 1 atom stereocenters. The average Bonchev–Trinajstić information content (AvgIpc) is 3.40. The summed E-state index contributed by atoms with van der Waals surface area (Å²) in [6.45, 7) is 4.96. The number of aromatic nitrogens is 3. The highest BCUT2D eigenvalue weighted by atomic mass is 16.5. The SMILES string of the molecule is Cc1cc(C)nc(OC2CCN(C(=O)c3ccc4noc(-c5ccccc5)c4c3)C2)n1. The van der Waals surface area contributed by atoms with Crippen molar-refractivity contribution in [3.8, 4) is 17.3 Å². The Morgan fingerprint density at radius 2 is 1.84 bits per heavy atom. The lowest BCUT2D eigenvalue weighted by atomic mass is 10.1. The molecule has 31 heavy (non-hydrogen) atoms. The lowest BCUT2D eigenvalue weighted by Gasteiger charge is -2.17. The molecule has 5 rings (SSSR count). The number of nitrogens with zero attached hydrogens (tertiary/aromatic N) is 4. The number of rotatable bonds is 4. The first-order chi connectivity index (χ1) is 15.1. The van der Waals surface area contributed by atoms with Crippen LogP contribution in [0.3, 0.4) is 0 Å². The molecule has 0 spiro atoms. The maximum absolute atomic E-state index is 13.2. The van der Waals surface area contributed by atoms with Gasteiger partial charge in [-0.15, -0.1) is 0 Å². The molecule has 0 aliphatic carbocycles. The molecule has 0 N–H and O–H groups in total. The van der Waals surface area contributed by atoms with Gasteiger partial charge in [0.1, 0.15) is 11.6 Å². The summed E-state index contributed by atoms with van der Waals surface area (Å²) in [6, 6.07) is 17.5. The number of hydrogen-bond acceptors (Lipinski definition) is 6. The van der Waals surface area contributed by atoms with Crippen molar-refractivity contribution < 1.29 is 14.1 Å². The molecule has 2 aromatic carbocycles. The van der Waals surface area contributed by atoms with E-state index < -0.39 is 0 Å². The molecule has 1 unspecified atom stereocenters. The summed E-state index contributed by atoms with van der Waals surface area (Å²) in [5, 5.41) is 4.96. The summed E-state index contributed by atoms with van der Waals surface area (Å²) >= 11 is 0. The molecular weight excluding hydrogens is 392 g/mol. The summed E-state index contributed by atoms with van der Waals surface area (Å²) in [7, 11) is 0. The minimum atomic E-state index is -0.121. The van der Waals surface area contributed by atoms with Crippen LogP contribution in [0.5, 0.6) is 6.01 Å². The quantitative estimate of drug-likeness (QED) is 0.498. The third-order valence-electron chi connectivity index (χ3n) is 5.43. The van der Waals surface area contributed by atoms with Crippen LogP contribution in [-0.4, -0.2) is 45.1 Å². The monoisotopic (exact) mass is 414 g/mol. The molecule has 1 aliphatic rings. The van der Waals surface area contributed by atoms with Crippen LogP contribution < -0.4 is 4.74 Å². The van der Waals surface area contributed by atoms with Crippen LogP contribution in [0, 0.1) is 13.8 Å². The second-order valence-electron chi connectivity index (χ2n) is 7.82. The normalized spacial score (nSPS) is 16.1. The molecule has 0 bridgehead atoms. The Bertz CT molecular complexity index is 1230. The number of fused-ring (bicyclic) bond motifs is 1. The zero-order valence-electron chi connectivity index (χ0n) is 17.4. The molecular formula is C24H22N4O3. The number of carbonyl (C=O) groups excluding carboxylic acids is 1. The van der Waals surface area contributed by atoms with Gasteiger partial charge >= 0.3 is 6.01 Å². The molecule has 3 heterocycles. The molecule has 1 aliphatic heterocycles. The standard InChI is InChI=1S/C24H22N4O3/c1-15-12-16(2)26-24(25-15)30-19-10-11-28(14-19)23(29)18-8-9-21-20(13-18)22(31-27-21)17-6-4-3-5-7-17/h3-9,12-13,19H,10-11,14H2,1-2H3. The third-order valence-corrected chi connectivity index (χ3v) is 5.43. The van der Waals surface area contributed by atoms with Crippen molar-refractivity contribution in [3.05, 3.63) is 71.5 Å². The van der Waals surface area contributed by atoms with E-state index in [-0.39, 0.29) is 12.0 Å². The number of hydrogen-bond donors (Lipinski definition) is 0. The molecule has 156 valence electrons. The maximum atomic E-state index is 13.2. The summed E-state index contributed by atoms with van der Waals surface area (Å²) in [6.07, 6.45) is 0.622. The van der Waals surface area contributed by atoms with Crippen LogP contribution in [0.4, 0.5) is 0 Å². The Balaban J connectivity index is 1.34. The molecule has 1 fully saturated rings. The molecule has 1 saturated heterocycles. The van der Waals surface area contributed by atoms with E-state index in [0.29, 0.717) is 30.4 Å². The topological polar surface area (TPSA) is 81.4 Å². The molecule has 4 aromatic rings. The summed E-state index contributed by atoms with van der Waals surface area (Å²) in [5.41, 5.74) is 3.99. The van der Waals surface area contributed by atoms with Gasteiger partial charge in [0.2, 0.25) is 0 Å². The van der Waals surface area contributed by atoms with Gasteiger partial charge in [0.25, 0.3) is 5.91 Å². The van der Waals surface area contributed by atoms with E-state index in [2.05, 4.69) is 15.1 Å². The van der Waals surface area contributed by atoms with E-state index in [1.54, 1.807) is 6.07 Å². The van der Waals surface area contributed by atoms with Crippen LogP contribution in [0.15, 0.2) is 59.1 Å². The lowest BCUT2D eigenvalue weighted by Crippen LogP contribution is -2.31. The summed E-state index contributed by atoms with van der Waals surface area (Å²) in [4.78, 5) is 23.6. The van der Waals surface area contributed by atoms with Gasteiger partial charge in [-0.1, -0.05) is 35.5 Å². The van der Waals surface area contributed by atoms with Gasteiger partial charge in [0.15, 0.2) is 5.76 Å². The third kappa shape index (κ3) is 3.86. The highest BCUT2D eigenvalue weighted by molar-refractivity contribution is 6.01. The first kappa shape index (κ1) is 19.2. The number of aryl methyl sites for hydroxylation is 2. The van der Waals surface area contributed by atoms with Crippen LogP contribution in [-0.2, 0) is 0 Å². The number of likely N-dealkylation sites (tertiary alicyclic amines) is 1. The Kier molecular flexibility index (Phi) is 4.86. The molecule has 0 radical (unpaired) electrons. The van der Waals surface area contributed by atoms with Crippen LogP contribution in [0.1, 0.15) is 28.2 Å². The zero-order chi connectivity index (χ0) is 21.4. The van der Waals surface area contributed by atoms with E-state index >= 15 is 0 Å². The van der Waals surface area contributed by atoms with E-state index in [1.165, 1.54) is 0 Å². The van der Waals surface area contributed by atoms with E-state index in [4.69, 9.17) is 9.26 Å². The predicted molar refractivity (Wildman–Crippen MR) is 116 cm³/mol. The van der Waals surface area contributed by atoms with Crippen LogP contribution >= 0.6 is 0 Å². The average molecular weight is 414 g/mol. The highest BCUT2D eigenvalue weighted by Gasteiger charge is 2.29. The first-order valence-electron chi connectivity index (χ1n) is 10.3. The van der Waals surface area contributed by atoms with Gasteiger partial charge in [-0.3, -0.25) is 4.79 Å². The van der Waals surface area contributed by atoms with Gasteiger partial charge in [-0.2, -0.15) is 0 Å². The van der Waals surface area contributed by atoms with Crippen LogP contribution in [0.2, 0.25) is 0 Å². The minimum Gasteiger partial charge on any atom is -0.458 e. The second-order valence-corrected chi connectivity index (χ2v) is 7.82. The fraction of sp³-hybridized carbons (Fsp3) is 0.250. The Hall–Kier alpha value is -3.74. The molecule has 1 amide bonds. The van der Waals surface area contributed by atoms with Gasteiger partial charge in [-0.25, -0.2) is 9.97 Å². The van der Waals surface area contributed by atoms with E-state index in [9.17, 15) is 4.79 Å². The van der Waals surface area contributed by atoms with Crippen molar-refractivity contribution in [1.82, 2.24) is 20.0 Å². The zero-order valence-corrected chi connectivity index (χ0v) is 17.4. The van der Waals surface area contributed by atoms with Crippen LogP contribution in [0.25, 0.3) is 22.2 Å². The fourth-order valence-electron chi connectivity index (χ4n) is 3.96. The van der Waals surface area contributed by atoms with Crippen molar-refractivity contribution >= 4 is 16.8 Å². The molecule has 0 saturated carbocycles. The van der Waals surface area contributed by atoms with Crippen molar-refractivity contribution in [2.24, 2.45) is 0 Å². The fourth-order valence-corrected chi connectivity index (χ4v) is 3.96. The van der Waals surface area contributed by atoms with Crippen molar-refractivity contribution in [2.75, 3.05) is 13.1 Å². The Labute approximate surface area is 179 Å². The Morgan fingerprint density at radius 1 is 1.06 bits per heavy atom. The molecule has 2 aromatic heterocycles. The number of amides is 1. The van der Waals surface area contributed by atoms with Gasteiger partial charge < -0.3 is 14.2 Å². The largest absolute Gasteiger partial charge is 0.458 e. The lowest BCUT2D eigenvalue weighted by molar-refractivity contribution is 0.0769.